The molecular weight excluding hydrogens is 1020 g/mol. The van der Waals surface area contributed by atoms with Crippen molar-refractivity contribution in [1.82, 2.24) is 39.4 Å². The fourth-order valence-corrected chi connectivity index (χ4v) is 9.80. The number of nitrogens with one attached hydrogen (secondary N) is 2. The second kappa shape index (κ2) is 21.8. The SMILES string of the molecule is CN(C(=O)c1ccccc1)c1ccc2c(c1)nc(N)n2CC1(O)CC1.CNC(=O)c1cccnc1-c1ccc2c(c1)nc(NC(=O)c1ccc(-c3cnc(C)o3)s1)n2CC(C)(C)O.Cc1ncc(-c2ccc(C(=O)O)s2)o1. The first-order valence-corrected chi connectivity index (χ1v) is 25.7. The minimum Gasteiger partial charge on any atom is -0.477 e. The van der Waals surface area contributed by atoms with E-state index < -0.39 is 17.2 Å². The van der Waals surface area contributed by atoms with E-state index in [-0.39, 0.29) is 24.3 Å². The average molecular weight is 1080 g/mol. The number of aromatic carboxylic acids is 1. The van der Waals surface area contributed by atoms with Crippen molar-refractivity contribution in [3.63, 3.8) is 0 Å². The summed E-state index contributed by atoms with van der Waals surface area (Å²) in [6.45, 7) is 7.53. The van der Waals surface area contributed by atoms with Crippen molar-refractivity contribution >= 4 is 86.0 Å². The molecule has 0 atom stereocenters. The van der Waals surface area contributed by atoms with Crippen LogP contribution in [0.3, 0.4) is 0 Å². The number of fused-ring (bicyclic) bond motifs is 2. The normalized spacial score (nSPS) is 12.6. The molecule has 7 heterocycles. The Labute approximate surface area is 448 Å². The minimum absolute atomic E-state index is 0.0837. The maximum absolute atomic E-state index is 13.2. The maximum atomic E-state index is 13.2. The summed E-state index contributed by atoms with van der Waals surface area (Å²) in [4.78, 5) is 74.2. The predicted molar refractivity (Wildman–Crippen MR) is 294 cm³/mol. The van der Waals surface area contributed by atoms with Gasteiger partial charge < -0.3 is 49.2 Å². The first kappa shape index (κ1) is 53.0. The van der Waals surface area contributed by atoms with Gasteiger partial charge in [-0.05, 0) is 106 Å². The van der Waals surface area contributed by atoms with Crippen molar-refractivity contribution in [3.8, 4) is 32.5 Å². The van der Waals surface area contributed by atoms with Gasteiger partial charge in [-0.2, -0.15) is 0 Å². The van der Waals surface area contributed by atoms with Crippen LogP contribution in [0.15, 0.2) is 131 Å². The number of nitrogens with two attached hydrogens (primary N) is 1. The number of nitrogens with zero attached hydrogens (tertiary/aromatic N) is 8. The molecule has 0 unspecified atom stereocenters. The van der Waals surface area contributed by atoms with Gasteiger partial charge in [-0.25, -0.2) is 24.7 Å². The Morgan fingerprint density at radius 2 is 1.40 bits per heavy atom. The van der Waals surface area contributed by atoms with Gasteiger partial charge in [0.25, 0.3) is 17.7 Å². The highest BCUT2D eigenvalue weighted by Gasteiger charge is 2.41. The Hall–Kier alpha value is -8.83. The lowest BCUT2D eigenvalue weighted by molar-refractivity contribution is 0.0629. The molecule has 7 aromatic heterocycles. The lowest BCUT2D eigenvalue weighted by atomic mass is 10.0. The standard InChI is InChI=1S/C27H26N6O4S.C19H20N4O2.C9H7NO3S/c1-15-30-13-20(37-15)21-9-10-22(38-21)25(35)32-26-31-18-12-16(7-8-19(18)33(26)14-27(2,3)36)23-17(24(34)28-4)6-5-11-29-23;1-22(17(24)13-5-3-2-4-6-13)14-7-8-16-15(11-14)21-18(20)23(16)12-19(25)9-10-19;1-5-10-4-6(13-5)7-2-3-8(14-7)9(11)12/h5-13,36H,14H2,1-4H3,(H,28,34)(H,31,32,35);2-8,11,25H,9-10,12H2,1H3,(H2,20,21);2-4H,1H3,(H,11,12). The molecule has 22 heteroatoms. The quantitative estimate of drug-likeness (QED) is 0.0627. The number of aliphatic hydroxyl groups is 2. The molecule has 1 fully saturated rings. The van der Waals surface area contributed by atoms with Crippen molar-refractivity contribution in [3.05, 3.63) is 154 Å². The number of oxazole rings is 2. The number of thiophene rings is 2. The van der Waals surface area contributed by atoms with E-state index in [1.165, 1.54) is 22.7 Å². The molecule has 0 spiro atoms. The number of carboxylic acid groups (broad SMARTS) is 1. The van der Waals surface area contributed by atoms with Crippen LogP contribution in [0.5, 0.6) is 0 Å². The van der Waals surface area contributed by atoms with Crippen LogP contribution in [0, 0.1) is 13.8 Å². The number of carboxylic acids is 1. The first-order chi connectivity index (χ1) is 36.8. The molecule has 10 aromatic rings. The Kier molecular flexibility index (Phi) is 15.0. The summed E-state index contributed by atoms with van der Waals surface area (Å²) in [6.07, 6.45) is 6.42. The molecule has 7 N–H and O–H groups in total. The van der Waals surface area contributed by atoms with E-state index in [0.29, 0.717) is 90.4 Å². The van der Waals surface area contributed by atoms with Crippen LogP contribution in [-0.4, -0.2) is 98.4 Å². The molecular formula is C55H53N11O9S2. The van der Waals surface area contributed by atoms with E-state index in [4.69, 9.17) is 19.7 Å². The van der Waals surface area contributed by atoms with E-state index in [9.17, 15) is 29.4 Å². The number of pyridine rings is 1. The van der Waals surface area contributed by atoms with Crippen molar-refractivity contribution < 1.29 is 43.3 Å². The van der Waals surface area contributed by atoms with E-state index in [2.05, 4.69) is 35.6 Å². The highest BCUT2D eigenvalue weighted by molar-refractivity contribution is 7.17. The summed E-state index contributed by atoms with van der Waals surface area (Å²) < 4.78 is 14.4. The van der Waals surface area contributed by atoms with Gasteiger partial charge >= 0.3 is 5.97 Å². The molecule has 77 heavy (non-hydrogen) atoms. The van der Waals surface area contributed by atoms with Crippen LogP contribution in [-0.2, 0) is 13.1 Å². The summed E-state index contributed by atoms with van der Waals surface area (Å²) in [5, 5.41) is 35.0. The summed E-state index contributed by atoms with van der Waals surface area (Å²) in [5.41, 5.74) is 10.2. The minimum atomic E-state index is -1.07. The number of carbonyl (C=O) groups is 4. The monoisotopic (exact) mass is 1080 g/mol. The van der Waals surface area contributed by atoms with Gasteiger partial charge in [-0.3, -0.25) is 24.7 Å². The molecule has 3 aromatic carbocycles. The fourth-order valence-electron chi connectivity index (χ4n) is 8.16. The third-order valence-corrected chi connectivity index (χ3v) is 14.4. The largest absolute Gasteiger partial charge is 0.477 e. The zero-order chi connectivity index (χ0) is 54.8. The van der Waals surface area contributed by atoms with Gasteiger partial charge in [-0.15, -0.1) is 22.7 Å². The zero-order valence-corrected chi connectivity index (χ0v) is 44.3. The van der Waals surface area contributed by atoms with Gasteiger partial charge in [0.2, 0.25) is 11.9 Å². The predicted octanol–water partition coefficient (Wildman–Crippen LogP) is 9.34. The number of anilines is 3. The molecule has 0 bridgehead atoms. The van der Waals surface area contributed by atoms with Gasteiger partial charge in [0, 0.05) is 51.0 Å². The molecule has 394 valence electrons. The second-order valence-electron chi connectivity index (χ2n) is 18.8. The third kappa shape index (κ3) is 12.2. The molecule has 0 radical (unpaired) electrons. The van der Waals surface area contributed by atoms with Crippen LogP contribution < -0.4 is 21.3 Å². The molecule has 1 aliphatic carbocycles. The zero-order valence-electron chi connectivity index (χ0n) is 42.6. The van der Waals surface area contributed by atoms with Crippen LogP contribution in [0.1, 0.15) is 78.5 Å². The molecule has 1 aliphatic rings. The number of imidazole rings is 2. The molecule has 3 amide bonds. The van der Waals surface area contributed by atoms with Crippen molar-refractivity contribution in [2.45, 2.75) is 64.8 Å². The van der Waals surface area contributed by atoms with Crippen LogP contribution in [0.4, 0.5) is 17.6 Å². The summed E-state index contributed by atoms with van der Waals surface area (Å²) in [5.74, 6) is 1.42. The molecule has 20 nitrogen and oxygen atoms in total. The number of aryl methyl sites for hydroxylation is 2. The molecule has 1 saturated carbocycles. The van der Waals surface area contributed by atoms with Crippen LogP contribution in [0.2, 0.25) is 0 Å². The smallest absolute Gasteiger partial charge is 0.345 e. The topological polar surface area (TPSA) is 283 Å². The van der Waals surface area contributed by atoms with E-state index >= 15 is 0 Å². The second-order valence-corrected chi connectivity index (χ2v) is 20.9. The highest BCUT2D eigenvalue weighted by atomic mass is 32.1. The van der Waals surface area contributed by atoms with E-state index in [1.54, 1.807) is 112 Å². The van der Waals surface area contributed by atoms with Crippen LogP contribution >= 0.6 is 22.7 Å². The van der Waals surface area contributed by atoms with E-state index in [0.717, 1.165) is 33.8 Å². The van der Waals surface area contributed by atoms with Gasteiger partial charge in [0.05, 0.1) is 84.6 Å². The number of benzene rings is 3. The van der Waals surface area contributed by atoms with Crippen LogP contribution in [0.25, 0.3) is 54.6 Å². The third-order valence-electron chi connectivity index (χ3n) is 12.2. The highest BCUT2D eigenvalue weighted by Crippen LogP contribution is 2.39. The lowest BCUT2D eigenvalue weighted by Crippen LogP contribution is -2.27. The average Bonchev–Trinajstić information content (AvgIpc) is 4.17. The number of hydrogen-bond acceptors (Lipinski definition) is 16. The lowest BCUT2D eigenvalue weighted by Gasteiger charge is -2.20. The Morgan fingerprint density at radius 3 is 2.00 bits per heavy atom. The molecule has 0 saturated heterocycles. The number of amides is 3. The van der Waals surface area contributed by atoms with Crippen molar-refractivity contribution in [1.29, 1.82) is 0 Å². The molecule has 11 rings (SSSR count). The fraction of sp³-hybridized carbons (Fsp3) is 0.218. The summed E-state index contributed by atoms with van der Waals surface area (Å²) in [7, 11) is 3.31. The number of carbonyl (C=O) groups excluding carboxylic acids is 3. The van der Waals surface area contributed by atoms with E-state index in [1.807, 2.05) is 65.2 Å². The van der Waals surface area contributed by atoms with Gasteiger partial charge in [0.15, 0.2) is 23.3 Å². The summed E-state index contributed by atoms with van der Waals surface area (Å²) >= 11 is 2.45. The van der Waals surface area contributed by atoms with Crippen molar-refractivity contribution in [2.75, 3.05) is 30.0 Å². The van der Waals surface area contributed by atoms with Gasteiger partial charge in [-0.1, -0.05) is 24.3 Å². The van der Waals surface area contributed by atoms with Crippen molar-refractivity contribution in [2.24, 2.45) is 0 Å². The maximum Gasteiger partial charge on any atom is 0.345 e. The number of hydrogen-bond donors (Lipinski definition) is 6. The van der Waals surface area contributed by atoms with Gasteiger partial charge in [0.1, 0.15) is 4.88 Å². The Morgan fingerprint density at radius 1 is 0.779 bits per heavy atom. The summed E-state index contributed by atoms with van der Waals surface area (Å²) in [6, 6.07) is 30.5. The Balaban J connectivity index is 0.000000158. The number of aromatic nitrogens is 7. The number of nitrogen functional groups attached to an aromatic ring is 1. The molecule has 0 aliphatic heterocycles. The Bertz CT molecular complexity index is 3800. The first-order valence-electron chi connectivity index (χ1n) is 24.1. The number of rotatable bonds is 13.